The number of H-pyrrole nitrogens is 1. The Morgan fingerprint density at radius 1 is 1.13 bits per heavy atom. The zero-order valence-corrected chi connectivity index (χ0v) is 17.2. The van der Waals surface area contributed by atoms with Crippen molar-refractivity contribution in [3.63, 3.8) is 0 Å². The summed E-state index contributed by atoms with van der Waals surface area (Å²) in [7, 11) is 0. The van der Waals surface area contributed by atoms with Gasteiger partial charge in [0.2, 0.25) is 0 Å². The maximum atomic E-state index is 13.1. The number of rotatable bonds is 5. The topological polar surface area (TPSA) is 81.5 Å². The average Bonchev–Trinajstić information content (AvgIpc) is 2.75. The number of aromatic amines is 1. The molecule has 0 aliphatic carbocycles. The Hall–Kier alpha value is -2.55. The highest BCUT2D eigenvalue weighted by atomic mass is 32.1. The first kappa shape index (κ1) is 20.7. The van der Waals surface area contributed by atoms with Crippen molar-refractivity contribution in [2.45, 2.75) is 25.5 Å². The van der Waals surface area contributed by atoms with Crippen LogP contribution in [0.4, 0.5) is 4.39 Å². The Bertz CT molecular complexity index is 1150. The van der Waals surface area contributed by atoms with Crippen molar-refractivity contribution in [3.8, 4) is 5.75 Å². The molecule has 1 unspecified atom stereocenters. The van der Waals surface area contributed by atoms with E-state index in [2.05, 4.69) is 9.88 Å². The Kier molecular flexibility index (Phi) is 5.99. The Balaban J connectivity index is 1.39. The van der Waals surface area contributed by atoms with Crippen molar-refractivity contribution < 1.29 is 14.6 Å². The number of aliphatic hydroxyl groups is 1. The van der Waals surface area contributed by atoms with Crippen molar-refractivity contribution in [3.05, 3.63) is 69.0 Å². The molecule has 1 aliphatic rings. The molecule has 2 heterocycles. The van der Waals surface area contributed by atoms with E-state index in [1.807, 2.05) is 0 Å². The predicted octanol–water partition coefficient (Wildman–Crippen LogP) is 3.35. The van der Waals surface area contributed by atoms with Gasteiger partial charge in [0.1, 0.15) is 11.6 Å². The Labute approximate surface area is 178 Å². The monoisotopic (exact) mass is 429 g/mol. The minimum atomic E-state index is -0.600. The number of fused-ring (bicyclic) bond motifs is 1. The number of halogens is 1. The molecule has 1 aromatic heterocycles. The summed E-state index contributed by atoms with van der Waals surface area (Å²) in [5.41, 5.74) is 1.13. The quantitative estimate of drug-likeness (QED) is 0.542. The van der Waals surface area contributed by atoms with E-state index in [0.717, 1.165) is 31.5 Å². The summed E-state index contributed by atoms with van der Waals surface area (Å²) in [4.78, 5) is 18.1. The molecule has 1 atom stereocenters. The summed E-state index contributed by atoms with van der Waals surface area (Å²) in [6, 6.07) is 10.6. The van der Waals surface area contributed by atoms with Crippen LogP contribution in [0.3, 0.4) is 0 Å². The van der Waals surface area contributed by atoms with Crippen LogP contribution in [-0.4, -0.2) is 44.3 Å². The first-order chi connectivity index (χ1) is 14.4. The van der Waals surface area contributed by atoms with Gasteiger partial charge in [-0.25, -0.2) is 4.39 Å². The van der Waals surface area contributed by atoms with Gasteiger partial charge in [0, 0.05) is 13.1 Å². The van der Waals surface area contributed by atoms with E-state index in [1.165, 1.54) is 28.8 Å². The van der Waals surface area contributed by atoms with Crippen LogP contribution in [0.15, 0.2) is 47.3 Å². The van der Waals surface area contributed by atoms with Crippen molar-refractivity contribution in [1.82, 2.24) is 14.5 Å². The number of piperidine rings is 1. The third-order valence-electron chi connectivity index (χ3n) is 5.90. The number of benzene rings is 2. The standard InChI is InChI=1S/C22H24FN3O3S/c23-16-3-1-14(2-4-16)20(28)15-7-9-25(10-8-15)11-12-26-21(29)18-13-17(27)5-6-19(18)24-22(26)30/h1-6,13,15,20,27-28H,7-12H2,(H,24,30). The Morgan fingerprint density at radius 2 is 1.83 bits per heavy atom. The lowest BCUT2D eigenvalue weighted by atomic mass is 9.87. The minimum absolute atomic E-state index is 0.0402. The molecule has 4 rings (SSSR count). The van der Waals surface area contributed by atoms with Crippen LogP contribution >= 0.6 is 12.2 Å². The minimum Gasteiger partial charge on any atom is -0.508 e. The first-order valence-corrected chi connectivity index (χ1v) is 10.4. The number of aromatic hydroxyl groups is 1. The van der Waals surface area contributed by atoms with Crippen LogP contribution in [0.1, 0.15) is 24.5 Å². The molecule has 6 nitrogen and oxygen atoms in total. The highest BCUT2D eigenvalue weighted by Crippen LogP contribution is 2.30. The van der Waals surface area contributed by atoms with E-state index in [-0.39, 0.29) is 23.0 Å². The third-order valence-corrected chi connectivity index (χ3v) is 6.22. The zero-order chi connectivity index (χ0) is 21.3. The largest absolute Gasteiger partial charge is 0.508 e. The molecular formula is C22H24FN3O3S. The summed E-state index contributed by atoms with van der Waals surface area (Å²) in [6.45, 7) is 2.73. The summed E-state index contributed by atoms with van der Waals surface area (Å²) in [5.74, 6) is -0.141. The summed E-state index contributed by atoms with van der Waals surface area (Å²) in [6.07, 6.45) is 1.05. The van der Waals surface area contributed by atoms with Gasteiger partial charge >= 0.3 is 0 Å². The molecule has 0 amide bonds. The normalized spacial score (nSPS) is 16.7. The Morgan fingerprint density at radius 3 is 2.53 bits per heavy atom. The number of hydrogen-bond donors (Lipinski definition) is 3. The molecule has 1 saturated heterocycles. The number of aromatic nitrogens is 2. The van der Waals surface area contributed by atoms with Gasteiger partial charge < -0.3 is 20.1 Å². The van der Waals surface area contributed by atoms with Gasteiger partial charge in [-0.05, 0) is 80.0 Å². The smallest absolute Gasteiger partial charge is 0.262 e. The highest BCUT2D eigenvalue weighted by Gasteiger charge is 2.26. The molecule has 0 saturated carbocycles. The molecule has 0 radical (unpaired) electrons. The van der Waals surface area contributed by atoms with E-state index >= 15 is 0 Å². The molecule has 3 aromatic rings. The molecule has 1 fully saturated rings. The van der Waals surface area contributed by atoms with Crippen LogP contribution in [0.5, 0.6) is 5.75 Å². The second kappa shape index (κ2) is 8.67. The number of phenolic OH excluding ortho intramolecular Hbond substituents is 1. The van der Waals surface area contributed by atoms with Gasteiger partial charge in [-0.3, -0.25) is 9.36 Å². The predicted molar refractivity (Wildman–Crippen MR) is 116 cm³/mol. The number of phenols is 1. The van der Waals surface area contributed by atoms with Gasteiger partial charge in [-0.15, -0.1) is 0 Å². The van der Waals surface area contributed by atoms with Crippen molar-refractivity contribution in [1.29, 1.82) is 0 Å². The lowest BCUT2D eigenvalue weighted by Crippen LogP contribution is -2.38. The third kappa shape index (κ3) is 4.30. The van der Waals surface area contributed by atoms with E-state index in [1.54, 1.807) is 18.2 Å². The second-order valence-corrected chi connectivity index (χ2v) is 8.18. The van der Waals surface area contributed by atoms with Gasteiger partial charge in [-0.1, -0.05) is 12.1 Å². The highest BCUT2D eigenvalue weighted by molar-refractivity contribution is 7.71. The van der Waals surface area contributed by atoms with Gasteiger partial charge in [-0.2, -0.15) is 0 Å². The second-order valence-electron chi connectivity index (χ2n) is 7.79. The first-order valence-electron chi connectivity index (χ1n) is 10.0. The maximum absolute atomic E-state index is 13.1. The van der Waals surface area contributed by atoms with Crippen LogP contribution in [0, 0.1) is 16.5 Å². The molecule has 1 aliphatic heterocycles. The molecular weight excluding hydrogens is 405 g/mol. The van der Waals surface area contributed by atoms with E-state index in [9.17, 15) is 19.4 Å². The SMILES string of the molecule is O=c1c2cc(O)ccc2[nH]c(=S)n1CCN1CCC(C(O)c2ccc(F)cc2)CC1. The fourth-order valence-electron chi connectivity index (χ4n) is 4.11. The van der Waals surface area contributed by atoms with Gasteiger partial charge in [0.15, 0.2) is 4.77 Å². The van der Waals surface area contributed by atoms with Crippen molar-refractivity contribution >= 4 is 23.1 Å². The van der Waals surface area contributed by atoms with Gasteiger partial charge in [0.05, 0.1) is 17.0 Å². The fourth-order valence-corrected chi connectivity index (χ4v) is 4.39. The summed E-state index contributed by atoms with van der Waals surface area (Å²) in [5, 5.41) is 20.7. The molecule has 2 aromatic carbocycles. The number of nitrogens with one attached hydrogen (secondary N) is 1. The molecule has 0 bridgehead atoms. The van der Waals surface area contributed by atoms with Crippen molar-refractivity contribution in [2.75, 3.05) is 19.6 Å². The van der Waals surface area contributed by atoms with Crippen molar-refractivity contribution in [2.24, 2.45) is 5.92 Å². The molecule has 8 heteroatoms. The number of hydrogen-bond acceptors (Lipinski definition) is 5. The van der Waals surface area contributed by atoms with Crippen LogP contribution in [-0.2, 0) is 6.54 Å². The molecule has 158 valence electrons. The molecule has 3 N–H and O–H groups in total. The van der Waals surface area contributed by atoms with Crippen LogP contribution < -0.4 is 5.56 Å². The molecule has 0 spiro atoms. The van der Waals surface area contributed by atoms with Crippen LogP contribution in [0.2, 0.25) is 0 Å². The van der Waals surface area contributed by atoms with E-state index < -0.39 is 6.10 Å². The maximum Gasteiger partial charge on any atom is 0.262 e. The number of aliphatic hydroxyl groups excluding tert-OH is 1. The fraction of sp³-hybridized carbons (Fsp3) is 0.364. The zero-order valence-electron chi connectivity index (χ0n) is 16.4. The number of nitrogens with zero attached hydrogens (tertiary/aromatic N) is 2. The number of likely N-dealkylation sites (tertiary alicyclic amines) is 1. The summed E-state index contributed by atoms with van der Waals surface area (Å²) >= 11 is 5.35. The summed E-state index contributed by atoms with van der Waals surface area (Å²) < 4.78 is 15.0. The lowest BCUT2D eigenvalue weighted by molar-refractivity contribution is 0.0578. The average molecular weight is 430 g/mol. The van der Waals surface area contributed by atoms with Gasteiger partial charge in [0.25, 0.3) is 5.56 Å². The molecule has 30 heavy (non-hydrogen) atoms. The lowest BCUT2D eigenvalue weighted by Gasteiger charge is -2.34. The van der Waals surface area contributed by atoms with Crippen LogP contribution in [0.25, 0.3) is 10.9 Å². The van der Waals surface area contributed by atoms with E-state index in [4.69, 9.17) is 12.2 Å². The van der Waals surface area contributed by atoms with E-state index in [0.29, 0.717) is 28.8 Å².